The van der Waals surface area contributed by atoms with Gasteiger partial charge in [-0.25, -0.2) is 8.78 Å². The Labute approximate surface area is 128 Å². The molecule has 0 bridgehead atoms. The fourth-order valence-electron chi connectivity index (χ4n) is 2.76. The number of aryl methyl sites for hydroxylation is 1. The highest BCUT2D eigenvalue weighted by atomic mass is 19.1. The van der Waals surface area contributed by atoms with Crippen molar-refractivity contribution in [2.24, 2.45) is 0 Å². The summed E-state index contributed by atoms with van der Waals surface area (Å²) in [5.74, 6) is -1.21. The van der Waals surface area contributed by atoms with Gasteiger partial charge in [0.2, 0.25) is 0 Å². The summed E-state index contributed by atoms with van der Waals surface area (Å²) in [6.45, 7) is 1.88. The Bertz CT molecular complexity index is 676. The topological polar surface area (TPSA) is 38.5 Å². The van der Waals surface area contributed by atoms with Crippen LogP contribution in [0.3, 0.4) is 0 Å². The Morgan fingerprint density at radius 1 is 1.14 bits per heavy atom. The van der Waals surface area contributed by atoms with Crippen molar-refractivity contribution in [3.63, 3.8) is 0 Å². The number of benzene rings is 2. The summed E-state index contributed by atoms with van der Waals surface area (Å²) in [6.07, 6.45) is 2.11. The molecule has 0 saturated carbocycles. The zero-order chi connectivity index (χ0) is 15.5. The summed E-state index contributed by atoms with van der Waals surface area (Å²) < 4.78 is 31.8. The number of nitrogens with two attached hydrogens (primary N) is 1. The van der Waals surface area contributed by atoms with E-state index in [1.54, 1.807) is 0 Å². The van der Waals surface area contributed by atoms with E-state index >= 15 is 0 Å². The molecule has 0 amide bonds. The number of fused-ring (bicyclic) bond motifs is 1. The standard InChI is InChI=1S/C17H18F2N2O/c18-13-4-6-17(15(19)10-13)22-9-8-21-7-1-2-12-3-5-14(20)11-16(12)21/h3-6,10-11H,1-2,7-9,20H2. The number of ether oxygens (including phenoxy) is 1. The third-order valence-electron chi connectivity index (χ3n) is 3.84. The molecule has 0 fully saturated rings. The van der Waals surface area contributed by atoms with E-state index in [9.17, 15) is 8.78 Å². The molecule has 1 aliphatic rings. The Kier molecular flexibility index (Phi) is 4.13. The molecule has 0 atom stereocenters. The molecular weight excluding hydrogens is 286 g/mol. The molecule has 0 spiro atoms. The molecule has 5 heteroatoms. The maximum Gasteiger partial charge on any atom is 0.167 e. The van der Waals surface area contributed by atoms with Crippen LogP contribution >= 0.6 is 0 Å². The first-order valence-electron chi connectivity index (χ1n) is 7.35. The lowest BCUT2D eigenvalue weighted by Crippen LogP contribution is -2.33. The van der Waals surface area contributed by atoms with Gasteiger partial charge in [-0.3, -0.25) is 0 Å². The SMILES string of the molecule is Nc1ccc2c(c1)N(CCOc1ccc(F)cc1F)CCC2. The van der Waals surface area contributed by atoms with Crippen molar-refractivity contribution >= 4 is 11.4 Å². The summed E-state index contributed by atoms with van der Waals surface area (Å²) in [5, 5.41) is 0. The van der Waals surface area contributed by atoms with E-state index in [1.807, 2.05) is 12.1 Å². The first-order valence-corrected chi connectivity index (χ1v) is 7.35. The highest BCUT2D eigenvalue weighted by Gasteiger charge is 2.17. The summed E-state index contributed by atoms with van der Waals surface area (Å²) in [6, 6.07) is 9.26. The number of halogens is 2. The normalized spacial score (nSPS) is 13.8. The van der Waals surface area contributed by atoms with Gasteiger partial charge in [-0.1, -0.05) is 6.07 Å². The van der Waals surface area contributed by atoms with Crippen molar-refractivity contribution in [2.45, 2.75) is 12.8 Å². The number of hydrogen-bond acceptors (Lipinski definition) is 3. The van der Waals surface area contributed by atoms with Crippen molar-refractivity contribution in [3.8, 4) is 5.75 Å². The first-order chi connectivity index (χ1) is 10.6. The molecular formula is C17H18F2N2O. The van der Waals surface area contributed by atoms with Gasteiger partial charge in [0.15, 0.2) is 11.6 Å². The molecule has 0 aromatic heterocycles. The quantitative estimate of drug-likeness (QED) is 0.880. The molecule has 1 heterocycles. The minimum absolute atomic E-state index is 0.0752. The summed E-state index contributed by atoms with van der Waals surface area (Å²) in [7, 11) is 0. The van der Waals surface area contributed by atoms with Crippen molar-refractivity contribution < 1.29 is 13.5 Å². The van der Waals surface area contributed by atoms with Crippen LogP contribution in [0.4, 0.5) is 20.2 Å². The van der Waals surface area contributed by atoms with Crippen LogP contribution < -0.4 is 15.4 Å². The van der Waals surface area contributed by atoms with Crippen LogP contribution in [-0.4, -0.2) is 19.7 Å². The van der Waals surface area contributed by atoms with Gasteiger partial charge in [-0.2, -0.15) is 0 Å². The number of nitrogen functional groups attached to an aromatic ring is 1. The minimum Gasteiger partial charge on any atom is -0.489 e. The number of hydrogen-bond donors (Lipinski definition) is 1. The second kappa shape index (κ2) is 6.22. The lowest BCUT2D eigenvalue weighted by atomic mass is 10.0. The van der Waals surface area contributed by atoms with Gasteiger partial charge < -0.3 is 15.4 Å². The zero-order valence-corrected chi connectivity index (χ0v) is 12.2. The lowest BCUT2D eigenvalue weighted by Gasteiger charge is -2.31. The lowest BCUT2D eigenvalue weighted by molar-refractivity contribution is 0.305. The van der Waals surface area contributed by atoms with Crippen LogP contribution in [0.2, 0.25) is 0 Å². The Morgan fingerprint density at radius 2 is 2.00 bits per heavy atom. The van der Waals surface area contributed by atoms with E-state index in [4.69, 9.17) is 10.5 Å². The first kappa shape index (κ1) is 14.6. The van der Waals surface area contributed by atoms with E-state index in [-0.39, 0.29) is 5.75 Å². The van der Waals surface area contributed by atoms with E-state index in [2.05, 4.69) is 11.0 Å². The third kappa shape index (κ3) is 3.13. The third-order valence-corrected chi connectivity index (χ3v) is 3.84. The predicted octanol–water partition coefficient (Wildman–Crippen LogP) is 3.38. The van der Waals surface area contributed by atoms with Crippen LogP contribution in [-0.2, 0) is 6.42 Å². The van der Waals surface area contributed by atoms with Crippen molar-refractivity contribution in [2.75, 3.05) is 30.3 Å². The van der Waals surface area contributed by atoms with Gasteiger partial charge in [0.05, 0.1) is 6.54 Å². The van der Waals surface area contributed by atoms with Gasteiger partial charge in [-0.05, 0) is 42.7 Å². The van der Waals surface area contributed by atoms with Crippen LogP contribution in [0.15, 0.2) is 36.4 Å². The highest BCUT2D eigenvalue weighted by Crippen LogP contribution is 2.29. The fourth-order valence-corrected chi connectivity index (χ4v) is 2.76. The summed E-state index contributed by atoms with van der Waals surface area (Å²) in [4.78, 5) is 2.19. The summed E-state index contributed by atoms with van der Waals surface area (Å²) in [5.41, 5.74) is 8.98. The van der Waals surface area contributed by atoms with E-state index in [0.717, 1.165) is 36.8 Å². The predicted molar refractivity (Wildman–Crippen MR) is 83.2 cm³/mol. The maximum absolute atomic E-state index is 13.5. The van der Waals surface area contributed by atoms with E-state index in [1.165, 1.54) is 17.7 Å². The Hall–Kier alpha value is -2.30. The molecule has 0 aliphatic carbocycles. The van der Waals surface area contributed by atoms with Gasteiger partial charge in [0.1, 0.15) is 12.4 Å². The molecule has 3 nitrogen and oxygen atoms in total. The monoisotopic (exact) mass is 304 g/mol. The molecule has 0 unspecified atom stereocenters. The molecule has 22 heavy (non-hydrogen) atoms. The minimum atomic E-state index is -0.678. The molecule has 3 rings (SSSR count). The van der Waals surface area contributed by atoms with Crippen LogP contribution in [0.5, 0.6) is 5.75 Å². The summed E-state index contributed by atoms with van der Waals surface area (Å²) >= 11 is 0. The molecule has 0 radical (unpaired) electrons. The molecule has 116 valence electrons. The number of nitrogens with zero attached hydrogens (tertiary/aromatic N) is 1. The van der Waals surface area contributed by atoms with Crippen LogP contribution in [0.1, 0.15) is 12.0 Å². The molecule has 2 aromatic rings. The van der Waals surface area contributed by atoms with Crippen molar-refractivity contribution in [1.29, 1.82) is 0 Å². The number of anilines is 2. The average Bonchev–Trinajstić information content (AvgIpc) is 2.50. The molecule has 1 aliphatic heterocycles. The van der Waals surface area contributed by atoms with E-state index < -0.39 is 11.6 Å². The highest BCUT2D eigenvalue weighted by molar-refractivity contribution is 5.62. The maximum atomic E-state index is 13.5. The van der Waals surface area contributed by atoms with Crippen LogP contribution in [0, 0.1) is 11.6 Å². The van der Waals surface area contributed by atoms with Crippen molar-refractivity contribution in [1.82, 2.24) is 0 Å². The van der Waals surface area contributed by atoms with Crippen LogP contribution in [0.25, 0.3) is 0 Å². The van der Waals surface area contributed by atoms with Gasteiger partial charge >= 0.3 is 0 Å². The number of rotatable bonds is 4. The molecule has 2 N–H and O–H groups in total. The smallest absolute Gasteiger partial charge is 0.167 e. The van der Waals surface area contributed by atoms with Gasteiger partial charge in [0, 0.05) is 24.0 Å². The second-order valence-electron chi connectivity index (χ2n) is 5.40. The fraction of sp³-hybridized carbons (Fsp3) is 0.294. The second-order valence-corrected chi connectivity index (χ2v) is 5.40. The zero-order valence-electron chi connectivity index (χ0n) is 12.2. The van der Waals surface area contributed by atoms with E-state index in [0.29, 0.717) is 13.2 Å². The largest absolute Gasteiger partial charge is 0.489 e. The Balaban J connectivity index is 1.64. The average molecular weight is 304 g/mol. The van der Waals surface area contributed by atoms with Gasteiger partial charge in [0.25, 0.3) is 0 Å². The molecule has 2 aromatic carbocycles. The molecule has 0 saturated heterocycles. The van der Waals surface area contributed by atoms with Gasteiger partial charge in [-0.15, -0.1) is 0 Å². The van der Waals surface area contributed by atoms with Crippen molar-refractivity contribution in [3.05, 3.63) is 53.6 Å². The Morgan fingerprint density at radius 3 is 2.82 bits per heavy atom.